The van der Waals surface area contributed by atoms with Crippen molar-refractivity contribution in [1.29, 1.82) is 0 Å². The fourth-order valence-electron chi connectivity index (χ4n) is 2.27. The van der Waals surface area contributed by atoms with E-state index in [9.17, 15) is 9.59 Å². The molecule has 2 rings (SSSR count). The Hall–Kier alpha value is -2.31. The molecule has 0 atom stereocenters. The summed E-state index contributed by atoms with van der Waals surface area (Å²) in [6, 6.07) is 3.60. The molecule has 0 N–H and O–H groups in total. The van der Waals surface area contributed by atoms with E-state index >= 15 is 0 Å². The third-order valence-corrected chi connectivity index (χ3v) is 3.55. The van der Waals surface area contributed by atoms with Gasteiger partial charge in [0.1, 0.15) is 5.82 Å². The smallest absolute Gasteiger partial charge is 0.409 e. The van der Waals surface area contributed by atoms with Crippen molar-refractivity contribution in [2.75, 3.05) is 51.8 Å². The molecular formula is C15H22N4O3. The molecule has 0 aliphatic carbocycles. The van der Waals surface area contributed by atoms with Crippen molar-refractivity contribution in [3.8, 4) is 0 Å². The third kappa shape index (κ3) is 3.66. The predicted octanol–water partition coefficient (Wildman–Crippen LogP) is 1.06. The van der Waals surface area contributed by atoms with Crippen LogP contribution in [0.25, 0.3) is 0 Å². The van der Waals surface area contributed by atoms with Gasteiger partial charge < -0.3 is 19.4 Å². The number of hydrogen-bond acceptors (Lipinski definition) is 5. The van der Waals surface area contributed by atoms with E-state index in [0.29, 0.717) is 38.3 Å². The lowest BCUT2D eigenvalue weighted by Crippen LogP contribution is -2.50. The Kier molecular flexibility index (Phi) is 5.19. The molecule has 0 aromatic carbocycles. The van der Waals surface area contributed by atoms with Crippen molar-refractivity contribution in [3.05, 3.63) is 23.9 Å². The molecular weight excluding hydrogens is 284 g/mol. The van der Waals surface area contributed by atoms with Crippen LogP contribution in [-0.4, -0.2) is 73.7 Å². The average molecular weight is 306 g/mol. The van der Waals surface area contributed by atoms with Crippen LogP contribution in [0.2, 0.25) is 0 Å². The monoisotopic (exact) mass is 306 g/mol. The van der Waals surface area contributed by atoms with Crippen molar-refractivity contribution < 1.29 is 14.3 Å². The maximum Gasteiger partial charge on any atom is 0.409 e. The summed E-state index contributed by atoms with van der Waals surface area (Å²) < 4.78 is 4.97. The number of carbonyl (C=O) groups excluding carboxylic acids is 2. The first-order valence-corrected chi connectivity index (χ1v) is 7.37. The zero-order valence-electron chi connectivity index (χ0n) is 13.3. The Balaban J connectivity index is 1.93. The number of carbonyl (C=O) groups is 2. The van der Waals surface area contributed by atoms with Gasteiger partial charge in [0.15, 0.2) is 0 Å². The fourth-order valence-corrected chi connectivity index (χ4v) is 2.27. The van der Waals surface area contributed by atoms with Crippen molar-refractivity contribution in [2.45, 2.75) is 6.92 Å². The van der Waals surface area contributed by atoms with Crippen LogP contribution in [0, 0.1) is 0 Å². The van der Waals surface area contributed by atoms with Crippen molar-refractivity contribution >= 4 is 17.8 Å². The molecule has 1 fully saturated rings. The van der Waals surface area contributed by atoms with E-state index < -0.39 is 0 Å². The number of aromatic nitrogens is 1. The minimum Gasteiger partial charge on any atom is -0.450 e. The number of anilines is 1. The summed E-state index contributed by atoms with van der Waals surface area (Å²) in [7, 11) is 3.80. The second-order valence-corrected chi connectivity index (χ2v) is 5.28. The van der Waals surface area contributed by atoms with Gasteiger partial charge >= 0.3 is 6.09 Å². The molecule has 2 amide bonds. The Morgan fingerprint density at radius 1 is 1.18 bits per heavy atom. The SMILES string of the molecule is CCOC(=O)N1CCN(C(=O)c2ccc(N(C)C)nc2)CC1. The van der Waals surface area contributed by atoms with E-state index in [0.717, 1.165) is 5.82 Å². The van der Waals surface area contributed by atoms with Gasteiger partial charge in [0.2, 0.25) is 0 Å². The van der Waals surface area contributed by atoms with E-state index in [1.54, 1.807) is 29.0 Å². The van der Waals surface area contributed by atoms with Gasteiger partial charge in [-0.2, -0.15) is 0 Å². The molecule has 1 aromatic rings. The van der Waals surface area contributed by atoms with E-state index in [4.69, 9.17) is 4.74 Å². The maximum atomic E-state index is 12.4. The molecule has 0 unspecified atom stereocenters. The van der Waals surface area contributed by atoms with Crippen LogP contribution in [0.3, 0.4) is 0 Å². The largest absolute Gasteiger partial charge is 0.450 e. The van der Waals surface area contributed by atoms with Crippen molar-refractivity contribution in [2.24, 2.45) is 0 Å². The normalized spacial score (nSPS) is 14.7. The molecule has 0 bridgehead atoms. The maximum absolute atomic E-state index is 12.4. The molecule has 2 heterocycles. The van der Waals surface area contributed by atoms with E-state index in [-0.39, 0.29) is 12.0 Å². The molecule has 0 saturated carbocycles. The van der Waals surface area contributed by atoms with Crippen LogP contribution >= 0.6 is 0 Å². The molecule has 120 valence electrons. The van der Waals surface area contributed by atoms with Crippen LogP contribution < -0.4 is 4.90 Å². The molecule has 1 aliphatic heterocycles. The summed E-state index contributed by atoms with van der Waals surface area (Å²) in [5.74, 6) is 0.755. The van der Waals surface area contributed by atoms with E-state index in [1.165, 1.54) is 0 Å². The number of pyridine rings is 1. The Bertz CT molecular complexity index is 522. The van der Waals surface area contributed by atoms with E-state index in [2.05, 4.69) is 4.98 Å². The number of amides is 2. The topological polar surface area (TPSA) is 66.0 Å². The highest BCUT2D eigenvalue weighted by Gasteiger charge is 2.25. The van der Waals surface area contributed by atoms with Crippen LogP contribution in [0.4, 0.5) is 10.6 Å². The highest BCUT2D eigenvalue weighted by Crippen LogP contribution is 2.12. The van der Waals surface area contributed by atoms with Crippen LogP contribution in [-0.2, 0) is 4.74 Å². The molecule has 0 spiro atoms. The third-order valence-electron chi connectivity index (χ3n) is 3.55. The summed E-state index contributed by atoms with van der Waals surface area (Å²) >= 11 is 0. The summed E-state index contributed by atoms with van der Waals surface area (Å²) in [4.78, 5) is 33.6. The van der Waals surface area contributed by atoms with Crippen molar-refractivity contribution in [3.63, 3.8) is 0 Å². The first-order chi connectivity index (χ1) is 10.5. The number of nitrogens with zero attached hydrogens (tertiary/aromatic N) is 4. The predicted molar refractivity (Wildman–Crippen MR) is 83.1 cm³/mol. The van der Waals surface area contributed by atoms with Gasteiger partial charge in [0.05, 0.1) is 12.2 Å². The lowest BCUT2D eigenvalue weighted by atomic mass is 10.2. The first kappa shape index (κ1) is 16.1. The summed E-state index contributed by atoms with van der Waals surface area (Å²) in [6.07, 6.45) is 1.28. The Labute approximate surface area is 130 Å². The minimum atomic E-state index is -0.313. The molecule has 1 aliphatic rings. The summed E-state index contributed by atoms with van der Waals surface area (Å²) in [5, 5.41) is 0. The lowest BCUT2D eigenvalue weighted by Gasteiger charge is -2.34. The van der Waals surface area contributed by atoms with Crippen LogP contribution in [0.15, 0.2) is 18.3 Å². The van der Waals surface area contributed by atoms with E-state index in [1.807, 2.05) is 25.1 Å². The molecule has 1 saturated heterocycles. The molecule has 7 nitrogen and oxygen atoms in total. The fraction of sp³-hybridized carbons (Fsp3) is 0.533. The highest BCUT2D eigenvalue weighted by molar-refractivity contribution is 5.94. The second kappa shape index (κ2) is 7.11. The van der Waals surface area contributed by atoms with Gasteiger partial charge in [-0.15, -0.1) is 0 Å². The van der Waals surface area contributed by atoms with Gasteiger partial charge in [-0.25, -0.2) is 9.78 Å². The number of hydrogen-bond donors (Lipinski definition) is 0. The first-order valence-electron chi connectivity index (χ1n) is 7.37. The van der Waals surface area contributed by atoms with Gasteiger partial charge in [-0.05, 0) is 19.1 Å². The molecule has 1 aromatic heterocycles. The lowest BCUT2D eigenvalue weighted by molar-refractivity contribution is 0.0570. The van der Waals surface area contributed by atoms with Crippen molar-refractivity contribution in [1.82, 2.24) is 14.8 Å². The van der Waals surface area contributed by atoms with Gasteiger partial charge in [0, 0.05) is 46.5 Å². The minimum absolute atomic E-state index is 0.0543. The zero-order valence-corrected chi connectivity index (χ0v) is 13.3. The summed E-state index contributed by atoms with van der Waals surface area (Å²) in [5.41, 5.74) is 0.565. The van der Waals surface area contributed by atoms with Gasteiger partial charge in [-0.1, -0.05) is 0 Å². The zero-order chi connectivity index (χ0) is 16.1. The summed E-state index contributed by atoms with van der Waals surface area (Å²) in [6.45, 7) is 4.14. The highest BCUT2D eigenvalue weighted by atomic mass is 16.6. The number of ether oxygens (including phenoxy) is 1. The number of rotatable bonds is 3. The molecule has 7 heteroatoms. The van der Waals surface area contributed by atoms with Gasteiger partial charge in [0.25, 0.3) is 5.91 Å². The van der Waals surface area contributed by atoms with Crippen LogP contribution in [0.5, 0.6) is 0 Å². The Morgan fingerprint density at radius 3 is 2.32 bits per heavy atom. The molecule has 0 radical (unpaired) electrons. The van der Waals surface area contributed by atoms with Crippen LogP contribution in [0.1, 0.15) is 17.3 Å². The molecule has 22 heavy (non-hydrogen) atoms. The number of piperazine rings is 1. The standard InChI is InChI=1S/C15H22N4O3/c1-4-22-15(21)19-9-7-18(8-10-19)14(20)12-5-6-13(16-11-12)17(2)3/h5-6,11H,4,7-10H2,1-3H3. The quantitative estimate of drug-likeness (QED) is 0.835. The Morgan fingerprint density at radius 2 is 1.82 bits per heavy atom. The second-order valence-electron chi connectivity index (χ2n) is 5.28. The average Bonchev–Trinajstić information content (AvgIpc) is 2.54. The van der Waals surface area contributed by atoms with Gasteiger partial charge in [-0.3, -0.25) is 4.79 Å².